The highest BCUT2D eigenvalue weighted by molar-refractivity contribution is 5.77. The Kier molecular flexibility index (Phi) is 3.95. The first-order valence-corrected chi connectivity index (χ1v) is 7.57. The molecule has 3 aliphatic heterocycles. The number of hydrogen-bond donors (Lipinski definition) is 0. The van der Waals surface area contributed by atoms with E-state index >= 15 is 0 Å². The standard InChI is InChI=1S/C16H18N2O3.B/c19-15-13-3-1-2-4-14(13)18(16(20)21-15)10-12-9-17-7-5-11(12)6-8-17;/h1-4,11-12H,5-10H2;. The van der Waals surface area contributed by atoms with E-state index in [0.29, 0.717) is 29.3 Å². The van der Waals surface area contributed by atoms with Gasteiger partial charge in [-0.3, -0.25) is 4.57 Å². The number of rotatable bonds is 2. The van der Waals surface area contributed by atoms with Gasteiger partial charge < -0.3 is 9.32 Å². The Morgan fingerprint density at radius 2 is 1.86 bits per heavy atom. The fourth-order valence-electron chi connectivity index (χ4n) is 3.87. The van der Waals surface area contributed by atoms with Crippen molar-refractivity contribution in [3.63, 3.8) is 0 Å². The van der Waals surface area contributed by atoms with Gasteiger partial charge in [-0.05, 0) is 49.9 Å². The Balaban J connectivity index is 0.00000144. The zero-order valence-electron chi connectivity index (χ0n) is 12.4. The molecule has 3 aliphatic rings. The minimum absolute atomic E-state index is 0. The van der Waals surface area contributed by atoms with E-state index in [9.17, 15) is 9.59 Å². The average Bonchev–Trinajstić information content (AvgIpc) is 2.53. The molecule has 1 aromatic carbocycles. The fraction of sp³-hybridized carbons (Fsp3) is 0.500. The SMILES string of the molecule is O=c1oc(=O)n(CC2CN3CCC2CC3)c2ccccc12.[B]. The number of hydrogen-bond acceptors (Lipinski definition) is 4. The molecule has 2 bridgehead atoms. The van der Waals surface area contributed by atoms with Crippen LogP contribution in [0.5, 0.6) is 0 Å². The fourth-order valence-corrected chi connectivity index (χ4v) is 3.87. The molecule has 6 heteroatoms. The zero-order chi connectivity index (χ0) is 14.4. The van der Waals surface area contributed by atoms with Crippen molar-refractivity contribution >= 4 is 19.3 Å². The quantitative estimate of drug-likeness (QED) is 0.773. The molecule has 0 saturated carbocycles. The Hall–Kier alpha value is -1.82. The summed E-state index contributed by atoms with van der Waals surface area (Å²) >= 11 is 0. The van der Waals surface area contributed by atoms with Crippen molar-refractivity contribution in [3.8, 4) is 0 Å². The molecule has 3 saturated heterocycles. The number of piperidine rings is 3. The Morgan fingerprint density at radius 3 is 2.55 bits per heavy atom. The summed E-state index contributed by atoms with van der Waals surface area (Å²) in [5.74, 6) is 0.629. The highest BCUT2D eigenvalue weighted by Gasteiger charge is 2.34. The number of fused-ring (bicyclic) bond motifs is 4. The van der Waals surface area contributed by atoms with Gasteiger partial charge in [-0.15, -0.1) is 0 Å². The lowest BCUT2D eigenvalue weighted by molar-refractivity contribution is 0.0413. The van der Waals surface area contributed by atoms with E-state index < -0.39 is 11.4 Å². The number of aromatic nitrogens is 1. The molecular formula is C16H18BN2O3. The maximum absolute atomic E-state index is 12.1. The van der Waals surface area contributed by atoms with Crippen molar-refractivity contribution in [1.29, 1.82) is 0 Å². The molecular weight excluding hydrogens is 279 g/mol. The van der Waals surface area contributed by atoms with E-state index in [1.54, 1.807) is 16.7 Å². The maximum atomic E-state index is 12.1. The molecule has 1 atom stereocenters. The summed E-state index contributed by atoms with van der Waals surface area (Å²) in [4.78, 5) is 26.4. The summed E-state index contributed by atoms with van der Waals surface area (Å²) < 4.78 is 6.52. The van der Waals surface area contributed by atoms with Crippen molar-refractivity contribution < 1.29 is 4.42 Å². The first kappa shape index (κ1) is 15.1. The molecule has 3 radical (unpaired) electrons. The van der Waals surface area contributed by atoms with E-state index in [4.69, 9.17) is 4.42 Å². The molecule has 22 heavy (non-hydrogen) atoms. The summed E-state index contributed by atoms with van der Waals surface area (Å²) in [5.41, 5.74) is 0.149. The van der Waals surface area contributed by atoms with Gasteiger partial charge in [0.05, 0.1) is 10.9 Å². The van der Waals surface area contributed by atoms with Crippen molar-refractivity contribution in [2.24, 2.45) is 11.8 Å². The molecule has 4 heterocycles. The number of nitrogens with zero attached hydrogens (tertiary/aromatic N) is 2. The molecule has 0 aliphatic carbocycles. The third kappa shape index (κ3) is 2.41. The normalized spacial score (nSPS) is 26.8. The highest BCUT2D eigenvalue weighted by atomic mass is 16.4. The van der Waals surface area contributed by atoms with E-state index in [2.05, 4.69) is 4.90 Å². The monoisotopic (exact) mass is 297 g/mol. The van der Waals surface area contributed by atoms with Gasteiger partial charge in [-0.1, -0.05) is 12.1 Å². The molecule has 0 spiro atoms. The molecule has 0 amide bonds. The Bertz CT molecular complexity index is 790. The minimum atomic E-state index is -0.541. The molecule has 5 nitrogen and oxygen atoms in total. The highest BCUT2D eigenvalue weighted by Crippen LogP contribution is 2.33. The summed E-state index contributed by atoms with van der Waals surface area (Å²) in [5, 5.41) is 0.485. The van der Waals surface area contributed by atoms with Crippen LogP contribution in [0.4, 0.5) is 0 Å². The van der Waals surface area contributed by atoms with E-state index in [-0.39, 0.29) is 8.41 Å². The van der Waals surface area contributed by atoms with Gasteiger partial charge in [0.1, 0.15) is 0 Å². The van der Waals surface area contributed by atoms with Crippen LogP contribution in [0.3, 0.4) is 0 Å². The Labute approximate surface area is 130 Å². The largest absolute Gasteiger partial charge is 0.422 e. The third-order valence-electron chi connectivity index (χ3n) is 5.02. The van der Waals surface area contributed by atoms with Crippen LogP contribution < -0.4 is 11.4 Å². The number of benzene rings is 1. The predicted octanol–water partition coefficient (Wildman–Crippen LogP) is 0.916. The van der Waals surface area contributed by atoms with E-state index in [1.807, 2.05) is 12.1 Å². The molecule has 2 aromatic rings. The minimum Gasteiger partial charge on any atom is -0.372 e. The second-order valence-electron chi connectivity index (χ2n) is 6.18. The van der Waals surface area contributed by atoms with Gasteiger partial charge in [0.25, 0.3) is 0 Å². The van der Waals surface area contributed by atoms with Crippen LogP contribution in [0.2, 0.25) is 0 Å². The molecule has 0 N–H and O–H groups in total. The summed E-state index contributed by atoms with van der Waals surface area (Å²) in [6.45, 7) is 4.05. The second-order valence-corrected chi connectivity index (χ2v) is 6.18. The van der Waals surface area contributed by atoms with Gasteiger partial charge >= 0.3 is 11.4 Å². The van der Waals surface area contributed by atoms with Crippen LogP contribution in [0, 0.1) is 11.8 Å². The van der Waals surface area contributed by atoms with Crippen LogP contribution in [-0.2, 0) is 6.54 Å². The maximum Gasteiger partial charge on any atom is 0.422 e. The van der Waals surface area contributed by atoms with Crippen LogP contribution in [-0.4, -0.2) is 37.5 Å². The predicted molar refractivity (Wildman–Crippen MR) is 85.2 cm³/mol. The molecule has 1 aromatic heterocycles. The lowest BCUT2D eigenvalue weighted by Gasteiger charge is -2.44. The Morgan fingerprint density at radius 1 is 1.14 bits per heavy atom. The molecule has 1 unspecified atom stereocenters. The van der Waals surface area contributed by atoms with Crippen molar-refractivity contribution in [2.75, 3.05) is 19.6 Å². The van der Waals surface area contributed by atoms with Gasteiger partial charge in [0.2, 0.25) is 0 Å². The first-order chi connectivity index (χ1) is 10.2. The van der Waals surface area contributed by atoms with Gasteiger partial charge in [-0.25, -0.2) is 9.59 Å². The van der Waals surface area contributed by atoms with Crippen LogP contribution >= 0.6 is 0 Å². The molecule has 3 fully saturated rings. The second kappa shape index (κ2) is 5.76. The number of para-hydroxylation sites is 1. The topological polar surface area (TPSA) is 55.5 Å². The zero-order valence-corrected chi connectivity index (χ0v) is 12.4. The van der Waals surface area contributed by atoms with Crippen LogP contribution in [0.15, 0.2) is 38.3 Å². The van der Waals surface area contributed by atoms with Gasteiger partial charge in [0, 0.05) is 21.5 Å². The van der Waals surface area contributed by atoms with Gasteiger partial charge in [-0.2, -0.15) is 0 Å². The lowest BCUT2D eigenvalue weighted by atomic mass is 9.79. The van der Waals surface area contributed by atoms with Crippen LogP contribution in [0.25, 0.3) is 10.9 Å². The lowest BCUT2D eigenvalue weighted by Crippen LogP contribution is -2.49. The molecule has 113 valence electrons. The van der Waals surface area contributed by atoms with Crippen LogP contribution in [0.1, 0.15) is 12.8 Å². The average molecular weight is 297 g/mol. The summed E-state index contributed by atoms with van der Waals surface area (Å²) in [6.07, 6.45) is 2.43. The smallest absolute Gasteiger partial charge is 0.372 e. The van der Waals surface area contributed by atoms with Crippen molar-refractivity contribution in [1.82, 2.24) is 9.47 Å². The molecule has 5 rings (SSSR count). The van der Waals surface area contributed by atoms with E-state index in [0.717, 1.165) is 6.54 Å². The summed E-state index contributed by atoms with van der Waals surface area (Å²) in [6, 6.07) is 7.19. The first-order valence-electron chi connectivity index (χ1n) is 7.57. The van der Waals surface area contributed by atoms with Gasteiger partial charge in [0.15, 0.2) is 0 Å². The summed E-state index contributed by atoms with van der Waals surface area (Å²) in [7, 11) is 0. The van der Waals surface area contributed by atoms with Crippen molar-refractivity contribution in [3.05, 3.63) is 45.2 Å². The third-order valence-corrected chi connectivity index (χ3v) is 5.02. The van der Waals surface area contributed by atoms with E-state index in [1.165, 1.54) is 25.9 Å². The van der Waals surface area contributed by atoms with Crippen molar-refractivity contribution in [2.45, 2.75) is 19.4 Å².